The topological polar surface area (TPSA) is 50.8 Å². The largest absolute Gasteiger partial charge is 0.335 e. The molecule has 2 radical (unpaired) electrons. The summed E-state index contributed by atoms with van der Waals surface area (Å²) in [4.78, 5) is 15.5. The molecule has 6 heteroatoms. The summed E-state index contributed by atoms with van der Waals surface area (Å²) < 4.78 is 12.0. The number of hydrogen-bond donors (Lipinski definition) is 1. The van der Waals surface area contributed by atoms with Crippen molar-refractivity contribution >= 4 is 19.3 Å². The lowest BCUT2D eigenvalue weighted by atomic mass is 9.54. The second kappa shape index (κ2) is 8.24. The van der Waals surface area contributed by atoms with Gasteiger partial charge in [0.15, 0.2) is 12.6 Å². The summed E-state index contributed by atoms with van der Waals surface area (Å²) in [6.07, 6.45) is 9.47. The summed E-state index contributed by atoms with van der Waals surface area (Å²) in [5.41, 5.74) is 3.47. The average Bonchev–Trinajstić information content (AvgIpc) is 3.15. The van der Waals surface area contributed by atoms with Crippen LogP contribution in [0.1, 0.15) is 89.2 Å². The van der Waals surface area contributed by atoms with Crippen LogP contribution in [-0.4, -0.2) is 50.5 Å². The Kier molecular flexibility index (Phi) is 5.39. The third-order valence-electron chi connectivity index (χ3n) is 11.3. The maximum Gasteiger partial charge on any atom is 0.317 e. The lowest BCUT2D eigenvalue weighted by Gasteiger charge is -2.54. The van der Waals surface area contributed by atoms with E-state index in [9.17, 15) is 4.79 Å². The van der Waals surface area contributed by atoms with E-state index in [4.69, 9.17) is 17.3 Å². The molecule has 2 heterocycles. The van der Waals surface area contributed by atoms with Crippen molar-refractivity contribution in [1.82, 2.24) is 10.2 Å². The predicted octanol–water partition coefficient (Wildman–Crippen LogP) is 4.58. The van der Waals surface area contributed by atoms with Crippen molar-refractivity contribution in [2.75, 3.05) is 13.1 Å². The number of nitrogens with zero attached hydrogens (tertiary/aromatic N) is 1. The first kappa shape index (κ1) is 23.6. The van der Waals surface area contributed by atoms with Gasteiger partial charge in [0, 0.05) is 24.5 Å². The SMILES string of the molecule is [B]c1cccc2c1C1(CCN(C(=O)NC3C4CC5CC(C4)CC3C5)CC1)CC2C(C)(C)C1OC(C)O1. The standard InChI is InChI=1S/C30H41BN2O3/c1-17-35-27(36-17)29(2,3)23-16-30(25-22(23)5-4-6-24(25)31)7-9-33(10-8-30)28(34)32-26-20-12-18-11-19(14-20)15-21(26)13-18/h4-6,17-21,23,26-27H,7-16H2,1-3H3,(H,32,34). The van der Waals surface area contributed by atoms with Gasteiger partial charge in [0.2, 0.25) is 0 Å². The predicted molar refractivity (Wildman–Crippen MR) is 140 cm³/mol. The Labute approximate surface area is 217 Å². The number of hydrogen-bond acceptors (Lipinski definition) is 3. The lowest BCUT2D eigenvalue weighted by Crippen LogP contribution is -2.59. The average molecular weight is 488 g/mol. The molecule has 5 nitrogen and oxygen atoms in total. The normalized spacial score (nSPS) is 40.2. The van der Waals surface area contributed by atoms with E-state index in [1.165, 1.54) is 43.2 Å². The van der Waals surface area contributed by atoms with E-state index in [-0.39, 0.29) is 29.4 Å². The van der Waals surface area contributed by atoms with E-state index in [0.717, 1.165) is 49.7 Å². The second-order valence-corrected chi connectivity index (χ2v) is 13.7. The van der Waals surface area contributed by atoms with Gasteiger partial charge in [0.05, 0.1) is 0 Å². The monoisotopic (exact) mass is 488 g/mol. The summed E-state index contributed by atoms with van der Waals surface area (Å²) in [5, 5.41) is 3.54. The highest BCUT2D eigenvalue weighted by Crippen LogP contribution is 2.59. The van der Waals surface area contributed by atoms with Gasteiger partial charge < -0.3 is 19.7 Å². The van der Waals surface area contributed by atoms with Crippen molar-refractivity contribution in [3.63, 3.8) is 0 Å². The number of amides is 2. The number of nitrogens with one attached hydrogen (secondary N) is 1. The highest BCUT2D eigenvalue weighted by Gasteiger charge is 2.55. The van der Waals surface area contributed by atoms with E-state index >= 15 is 0 Å². The van der Waals surface area contributed by atoms with Gasteiger partial charge in [-0.05, 0) is 104 Å². The van der Waals surface area contributed by atoms with E-state index in [1.54, 1.807) is 0 Å². The number of piperidine rings is 1. The van der Waals surface area contributed by atoms with Crippen molar-refractivity contribution in [2.45, 2.75) is 102 Å². The van der Waals surface area contributed by atoms with Crippen LogP contribution in [0.4, 0.5) is 4.79 Å². The second-order valence-electron chi connectivity index (χ2n) is 13.7. The summed E-state index contributed by atoms with van der Waals surface area (Å²) in [5.74, 6) is 3.61. The van der Waals surface area contributed by atoms with E-state index in [1.807, 2.05) is 6.92 Å². The molecular weight excluding hydrogens is 447 g/mol. The molecule has 1 aromatic rings. The summed E-state index contributed by atoms with van der Waals surface area (Å²) in [6.45, 7) is 8.10. The fraction of sp³-hybridized carbons (Fsp3) is 0.767. The van der Waals surface area contributed by atoms with Crippen LogP contribution in [0, 0.1) is 29.1 Å². The minimum atomic E-state index is -0.186. The number of fused-ring (bicyclic) bond motifs is 2. The van der Waals surface area contributed by atoms with Gasteiger partial charge in [-0.25, -0.2) is 4.79 Å². The zero-order chi connectivity index (χ0) is 24.8. The van der Waals surface area contributed by atoms with E-state index < -0.39 is 0 Å². The molecular formula is C30H41BN2O3. The van der Waals surface area contributed by atoms with Gasteiger partial charge in [-0.15, -0.1) is 0 Å². The number of carbonyl (C=O) groups is 1. The number of likely N-dealkylation sites (tertiary alicyclic amines) is 1. The zero-order valence-electron chi connectivity index (χ0n) is 22.2. The minimum Gasteiger partial charge on any atom is -0.335 e. The highest BCUT2D eigenvalue weighted by molar-refractivity contribution is 6.33. The molecule has 8 rings (SSSR count). The fourth-order valence-electron chi connectivity index (χ4n) is 9.62. The molecule has 1 atom stereocenters. The molecule has 0 aromatic heterocycles. The molecule has 1 spiro atoms. The first-order chi connectivity index (χ1) is 17.2. The molecule has 1 aromatic carbocycles. The van der Waals surface area contributed by atoms with Gasteiger partial charge in [0.25, 0.3) is 0 Å². The van der Waals surface area contributed by atoms with Gasteiger partial charge >= 0.3 is 6.03 Å². The van der Waals surface area contributed by atoms with Crippen LogP contribution in [-0.2, 0) is 14.9 Å². The molecule has 2 saturated heterocycles. The molecule has 2 amide bonds. The Morgan fingerprint density at radius 2 is 1.69 bits per heavy atom. The molecule has 2 aliphatic heterocycles. The first-order valence-electron chi connectivity index (χ1n) is 14.5. The highest BCUT2D eigenvalue weighted by atomic mass is 16.9. The Morgan fingerprint density at radius 1 is 1.06 bits per heavy atom. The quantitative estimate of drug-likeness (QED) is 0.634. The number of ether oxygens (including phenoxy) is 2. The van der Waals surface area contributed by atoms with Gasteiger partial charge in [-0.1, -0.05) is 37.5 Å². The van der Waals surface area contributed by atoms with Gasteiger partial charge in [0.1, 0.15) is 7.85 Å². The Hall–Kier alpha value is -1.53. The number of carbonyl (C=O) groups excluding carboxylic acids is 1. The van der Waals surface area contributed by atoms with E-state index in [2.05, 4.69) is 42.3 Å². The van der Waals surface area contributed by atoms with Gasteiger partial charge in [-0.2, -0.15) is 0 Å². The van der Waals surface area contributed by atoms with Crippen molar-refractivity contribution in [1.29, 1.82) is 0 Å². The summed E-state index contributed by atoms with van der Waals surface area (Å²) >= 11 is 0. The van der Waals surface area contributed by atoms with Crippen LogP contribution in [0.5, 0.6) is 0 Å². The minimum absolute atomic E-state index is 0.0252. The molecule has 7 aliphatic rings. The summed E-state index contributed by atoms with van der Waals surface area (Å²) in [7, 11) is 6.66. The van der Waals surface area contributed by atoms with Crippen LogP contribution in [0.15, 0.2) is 18.2 Å². The Morgan fingerprint density at radius 3 is 2.31 bits per heavy atom. The molecule has 1 N–H and O–H groups in total. The number of urea groups is 1. The zero-order valence-corrected chi connectivity index (χ0v) is 22.2. The summed E-state index contributed by atoms with van der Waals surface area (Å²) in [6, 6.07) is 6.98. The number of benzene rings is 1. The number of rotatable bonds is 3. The van der Waals surface area contributed by atoms with Crippen molar-refractivity contribution in [3.8, 4) is 0 Å². The van der Waals surface area contributed by atoms with E-state index in [0.29, 0.717) is 23.8 Å². The maximum atomic E-state index is 13.5. The van der Waals surface area contributed by atoms with Crippen LogP contribution in [0.25, 0.3) is 0 Å². The fourth-order valence-corrected chi connectivity index (χ4v) is 9.62. The maximum absolute atomic E-state index is 13.5. The molecule has 192 valence electrons. The molecule has 5 aliphatic carbocycles. The van der Waals surface area contributed by atoms with Crippen LogP contribution >= 0.6 is 0 Å². The molecule has 36 heavy (non-hydrogen) atoms. The van der Waals surface area contributed by atoms with Crippen LogP contribution in [0.3, 0.4) is 0 Å². The van der Waals surface area contributed by atoms with Crippen molar-refractivity contribution < 1.29 is 14.3 Å². The molecule has 1 unspecified atom stereocenters. The molecule has 4 saturated carbocycles. The third-order valence-corrected chi connectivity index (χ3v) is 11.3. The lowest BCUT2D eigenvalue weighted by molar-refractivity contribution is -0.409. The van der Waals surface area contributed by atoms with Crippen LogP contribution in [0.2, 0.25) is 0 Å². The molecule has 6 fully saturated rings. The van der Waals surface area contributed by atoms with Crippen molar-refractivity contribution in [2.24, 2.45) is 29.1 Å². The third kappa shape index (κ3) is 3.53. The first-order valence-corrected chi connectivity index (χ1v) is 14.5. The smallest absolute Gasteiger partial charge is 0.317 e. The van der Waals surface area contributed by atoms with Crippen LogP contribution < -0.4 is 10.8 Å². The molecule has 4 bridgehead atoms. The Bertz CT molecular complexity index is 1010. The van der Waals surface area contributed by atoms with Gasteiger partial charge in [-0.3, -0.25) is 0 Å². The van der Waals surface area contributed by atoms with Crippen molar-refractivity contribution in [3.05, 3.63) is 29.3 Å². The Balaban J connectivity index is 1.06.